The van der Waals surface area contributed by atoms with Crippen LogP contribution in [0.15, 0.2) is 53.7 Å². The number of thioether (sulfide) groups is 1. The number of pyridine rings is 2. The molecule has 3 aromatic heterocycles. The van der Waals surface area contributed by atoms with Crippen molar-refractivity contribution in [2.45, 2.75) is 11.3 Å². The maximum atomic E-state index is 14.2. The standard InChI is InChI=1S/C21H19F2N7O2S/c1-31-7-2-8-33-15-10-18(32-17-5-4-14(22)9-16(17)23)21(25-12-15)26-19-6-3-13(11-24-19)20-27-29-30-28-20/h3-6,9-12H,2,7-8H2,1H3,(H,24,25,26)(H,27,28,29,30). The number of nitrogens with zero attached hydrogens (tertiary/aromatic N) is 5. The van der Waals surface area contributed by atoms with E-state index in [-0.39, 0.29) is 11.5 Å². The van der Waals surface area contributed by atoms with Crippen LogP contribution in [-0.2, 0) is 4.74 Å². The topological polar surface area (TPSA) is 111 Å². The number of ether oxygens (including phenoxy) is 2. The van der Waals surface area contributed by atoms with Gasteiger partial charge in [0.25, 0.3) is 0 Å². The third-order valence-electron chi connectivity index (χ3n) is 4.33. The van der Waals surface area contributed by atoms with Crippen LogP contribution in [0, 0.1) is 11.6 Å². The van der Waals surface area contributed by atoms with Crippen molar-refractivity contribution < 1.29 is 18.3 Å². The lowest BCUT2D eigenvalue weighted by molar-refractivity contribution is 0.200. The van der Waals surface area contributed by atoms with Gasteiger partial charge in [-0.05, 0) is 47.2 Å². The number of anilines is 2. The van der Waals surface area contributed by atoms with Crippen LogP contribution >= 0.6 is 11.8 Å². The van der Waals surface area contributed by atoms with Crippen LogP contribution in [0.3, 0.4) is 0 Å². The molecule has 0 bridgehead atoms. The monoisotopic (exact) mass is 471 g/mol. The molecule has 0 amide bonds. The molecule has 0 atom stereocenters. The molecule has 3 heterocycles. The first kappa shape index (κ1) is 22.6. The summed E-state index contributed by atoms with van der Waals surface area (Å²) in [6.07, 6.45) is 4.13. The Labute approximate surface area is 192 Å². The lowest BCUT2D eigenvalue weighted by Gasteiger charge is -2.14. The van der Waals surface area contributed by atoms with E-state index in [2.05, 4.69) is 35.9 Å². The second kappa shape index (κ2) is 10.8. The molecule has 0 saturated heterocycles. The number of tetrazole rings is 1. The van der Waals surface area contributed by atoms with Gasteiger partial charge in [0, 0.05) is 48.4 Å². The van der Waals surface area contributed by atoms with E-state index in [1.807, 2.05) is 0 Å². The minimum absolute atomic E-state index is 0.121. The molecule has 12 heteroatoms. The molecule has 4 aromatic rings. The number of halogens is 2. The average molecular weight is 471 g/mol. The summed E-state index contributed by atoms with van der Waals surface area (Å²) in [5, 5.41) is 16.6. The lowest BCUT2D eigenvalue weighted by atomic mass is 10.2. The van der Waals surface area contributed by atoms with Crippen LogP contribution in [0.2, 0.25) is 0 Å². The van der Waals surface area contributed by atoms with Crippen molar-refractivity contribution in [3.8, 4) is 22.9 Å². The van der Waals surface area contributed by atoms with Gasteiger partial charge in [-0.2, -0.15) is 0 Å². The number of H-pyrrole nitrogens is 1. The average Bonchev–Trinajstić information content (AvgIpc) is 3.36. The van der Waals surface area contributed by atoms with Crippen LogP contribution in [0.25, 0.3) is 11.4 Å². The highest BCUT2D eigenvalue weighted by Crippen LogP contribution is 2.34. The summed E-state index contributed by atoms with van der Waals surface area (Å²) in [7, 11) is 1.65. The van der Waals surface area contributed by atoms with E-state index in [1.54, 1.807) is 49.5 Å². The Bertz CT molecular complexity index is 1190. The van der Waals surface area contributed by atoms with Crippen molar-refractivity contribution in [2.75, 3.05) is 24.8 Å². The van der Waals surface area contributed by atoms with E-state index in [1.165, 1.54) is 6.07 Å². The Morgan fingerprint density at radius 1 is 1.06 bits per heavy atom. The van der Waals surface area contributed by atoms with Gasteiger partial charge in [0.05, 0.1) is 0 Å². The number of hydrogen-bond acceptors (Lipinski definition) is 9. The van der Waals surface area contributed by atoms with Gasteiger partial charge in [0.1, 0.15) is 11.6 Å². The van der Waals surface area contributed by atoms with Gasteiger partial charge in [-0.15, -0.1) is 16.9 Å². The van der Waals surface area contributed by atoms with E-state index < -0.39 is 11.6 Å². The van der Waals surface area contributed by atoms with E-state index in [0.717, 1.165) is 29.2 Å². The van der Waals surface area contributed by atoms with Crippen molar-refractivity contribution >= 4 is 23.4 Å². The van der Waals surface area contributed by atoms with Crippen LogP contribution in [-0.4, -0.2) is 50.1 Å². The zero-order valence-corrected chi connectivity index (χ0v) is 18.3. The summed E-state index contributed by atoms with van der Waals surface area (Å²) < 4.78 is 38.3. The molecule has 0 aliphatic heterocycles. The zero-order chi connectivity index (χ0) is 23.0. The molecule has 0 aliphatic carbocycles. The fourth-order valence-electron chi connectivity index (χ4n) is 2.76. The van der Waals surface area contributed by atoms with Gasteiger partial charge < -0.3 is 14.8 Å². The predicted molar refractivity (Wildman–Crippen MR) is 119 cm³/mol. The number of aromatic nitrogens is 6. The van der Waals surface area contributed by atoms with Crippen LogP contribution in [0.4, 0.5) is 20.4 Å². The Kier molecular flexibility index (Phi) is 7.37. The SMILES string of the molecule is COCCCSc1cnc(Nc2ccc(-c3nnn[nH]3)cn2)c(Oc2ccc(F)cc2F)c1. The molecular formula is C21H19F2N7O2S. The molecule has 0 spiro atoms. The highest BCUT2D eigenvalue weighted by molar-refractivity contribution is 7.99. The predicted octanol–water partition coefficient (Wildman–Crippen LogP) is 4.60. The van der Waals surface area contributed by atoms with E-state index in [0.29, 0.717) is 29.6 Å². The largest absolute Gasteiger partial charge is 0.450 e. The van der Waals surface area contributed by atoms with Crippen LogP contribution in [0.5, 0.6) is 11.5 Å². The number of nitrogens with one attached hydrogen (secondary N) is 2. The highest BCUT2D eigenvalue weighted by atomic mass is 32.2. The summed E-state index contributed by atoms with van der Waals surface area (Å²) in [5.41, 5.74) is 0.700. The number of benzene rings is 1. The van der Waals surface area contributed by atoms with Gasteiger partial charge in [-0.3, -0.25) is 0 Å². The van der Waals surface area contributed by atoms with Gasteiger partial charge in [0.15, 0.2) is 29.0 Å². The molecule has 2 N–H and O–H groups in total. The maximum absolute atomic E-state index is 14.2. The Morgan fingerprint density at radius 3 is 2.70 bits per heavy atom. The van der Waals surface area contributed by atoms with Crippen molar-refractivity contribution in [3.63, 3.8) is 0 Å². The van der Waals surface area contributed by atoms with E-state index >= 15 is 0 Å². The molecule has 9 nitrogen and oxygen atoms in total. The van der Waals surface area contributed by atoms with Crippen molar-refractivity contribution in [1.29, 1.82) is 0 Å². The molecule has 170 valence electrons. The van der Waals surface area contributed by atoms with Crippen molar-refractivity contribution in [1.82, 2.24) is 30.6 Å². The lowest BCUT2D eigenvalue weighted by Crippen LogP contribution is -2.00. The summed E-state index contributed by atoms with van der Waals surface area (Å²) in [5.74, 6) is 0.730. The fraction of sp³-hybridized carbons (Fsp3) is 0.190. The molecule has 4 rings (SSSR count). The van der Waals surface area contributed by atoms with Crippen molar-refractivity contribution in [2.24, 2.45) is 0 Å². The number of methoxy groups -OCH3 is 1. The summed E-state index contributed by atoms with van der Waals surface area (Å²) in [4.78, 5) is 9.59. The third-order valence-corrected chi connectivity index (χ3v) is 5.38. The second-order valence-electron chi connectivity index (χ2n) is 6.70. The quantitative estimate of drug-likeness (QED) is 0.253. The first-order valence-electron chi connectivity index (χ1n) is 9.84. The first-order chi connectivity index (χ1) is 16.1. The minimum atomic E-state index is -0.817. The molecule has 0 fully saturated rings. The van der Waals surface area contributed by atoms with Gasteiger partial charge >= 0.3 is 0 Å². The summed E-state index contributed by atoms with van der Waals surface area (Å²) >= 11 is 1.57. The fourth-order valence-corrected chi connectivity index (χ4v) is 3.57. The second-order valence-corrected chi connectivity index (χ2v) is 7.86. The van der Waals surface area contributed by atoms with Crippen LogP contribution < -0.4 is 10.1 Å². The number of hydrogen-bond donors (Lipinski definition) is 2. The summed E-state index contributed by atoms with van der Waals surface area (Å²) in [6.45, 7) is 0.649. The van der Waals surface area contributed by atoms with Gasteiger partial charge in [-0.25, -0.2) is 23.8 Å². The Hall–Kier alpha value is -3.64. The highest BCUT2D eigenvalue weighted by Gasteiger charge is 2.14. The summed E-state index contributed by atoms with van der Waals surface area (Å²) in [6, 6.07) is 8.35. The molecule has 0 radical (unpaired) electrons. The molecule has 33 heavy (non-hydrogen) atoms. The molecule has 0 aliphatic rings. The van der Waals surface area contributed by atoms with Crippen molar-refractivity contribution in [3.05, 3.63) is 60.4 Å². The minimum Gasteiger partial charge on any atom is -0.450 e. The number of rotatable bonds is 10. The third kappa shape index (κ3) is 5.99. The normalized spacial score (nSPS) is 10.9. The first-order valence-corrected chi connectivity index (χ1v) is 10.8. The van der Waals surface area contributed by atoms with Crippen LogP contribution in [0.1, 0.15) is 6.42 Å². The molecule has 1 aromatic carbocycles. The maximum Gasteiger partial charge on any atom is 0.180 e. The zero-order valence-electron chi connectivity index (χ0n) is 17.5. The van der Waals surface area contributed by atoms with Gasteiger partial charge in [-0.1, -0.05) is 0 Å². The van der Waals surface area contributed by atoms with Gasteiger partial charge in [0.2, 0.25) is 0 Å². The van der Waals surface area contributed by atoms with E-state index in [9.17, 15) is 8.78 Å². The van der Waals surface area contributed by atoms with E-state index in [4.69, 9.17) is 9.47 Å². The Balaban J connectivity index is 1.57. The Morgan fingerprint density at radius 2 is 1.97 bits per heavy atom. The number of aromatic amines is 1. The molecule has 0 saturated carbocycles. The molecule has 0 unspecified atom stereocenters. The molecular weight excluding hydrogens is 452 g/mol. The smallest absolute Gasteiger partial charge is 0.180 e.